The fraction of sp³-hybridized carbons (Fsp3) is 0.923. The molecule has 20 aliphatic carbocycles. The summed E-state index contributed by atoms with van der Waals surface area (Å²) >= 11 is 0. The van der Waals surface area contributed by atoms with Crippen molar-refractivity contribution in [3.8, 4) is 0 Å². The summed E-state index contributed by atoms with van der Waals surface area (Å²) in [5, 5.41) is 0. The normalized spacial score (nSPS) is 43.3. The SMILES string of the molecule is CC1C2CC(C(=O)OC(C)(C)C34CC5CC(CC(C5)C3)C4)C(C2)C1C.CC1C2CC(C(=O)OCC(=O)OC(C)(C)C(C)C)C(C2)C1C.CC1C2CC(C(=O)OCC(=O)OC3(C)CCCC3)C(C2)C1C.CCC(CC)(OC(=O)C1CC2CC1C(C)C2C)C12CC3CC(CC(C3)C1)C2.CCC1(OC(=O)COC(=O)C2CC3CC2C(C)C3C)CCCCC1. The van der Waals surface area contributed by atoms with Crippen LogP contribution in [0.15, 0.2) is 0 Å². The van der Waals surface area contributed by atoms with Crippen LogP contribution < -0.4 is 0 Å². The van der Waals surface area contributed by atoms with Crippen molar-refractivity contribution in [1.82, 2.24) is 0 Å². The Morgan fingerprint density at radius 2 is 0.625 bits per heavy atom. The van der Waals surface area contributed by atoms with E-state index in [1.165, 1.54) is 96.3 Å². The fourth-order valence-corrected chi connectivity index (χ4v) is 32.2. The van der Waals surface area contributed by atoms with Crippen molar-refractivity contribution in [2.45, 2.75) is 385 Å². The molecule has 16 heteroatoms. The van der Waals surface area contributed by atoms with Crippen LogP contribution in [0, 0.1) is 200 Å². The number of fused-ring (bicyclic) bond motifs is 10. The average molecular weight is 1670 g/mol. The molecule has 0 amide bonds. The maximum Gasteiger partial charge on any atom is 0.344 e. The standard InChI is InChI=1S/C25H40O2.C23H36O2.C20H32O4.C18H28O4.C18H30O4/c1-5-25(6-2,24-12-17-7-18(13-24)9-19(8-17)14-24)27-23(26)22-11-20-10-21(22)16(4)15(20)3;1-13-14(2)19-8-18(13)9-20(19)21(24)25-22(3,4)23-10-15-5-16(11-23)7-17(6-15)12-23;1-4-20(8-6-5-7-9-20)24-18(21)12-23-19(22)17-11-15-10-16(17)14(3)13(15)2;1-11-12(2)14-8-13(11)9-15(14)17(20)21-10-16(19)22-18(3)6-4-5-7-18;1-10(2)18(5,6)22-16(19)9-21-17(20)15-8-13-7-14(15)12(4)11(13)3/h15-22H,5-14H2,1-4H3;13-20H,5-12H2,1-4H3;13-17H,4-12H2,1-3H3;11-15H,4-10H2,1-3H3;10-15H,7-9H2,1-6H3. The smallest absolute Gasteiger partial charge is 0.344 e. The number of ether oxygens (including phenoxy) is 8. The van der Waals surface area contributed by atoms with Crippen molar-refractivity contribution < 1.29 is 76.3 Å². The van der Waals surface area contributed by atoms with Gasteiger partial charge in [-0.15, -0.1) is 0 Å². The van der Waals surface area contributed by atoms with Crippen molar-refractivity contribution >= 4 is 47.8 Å². The molecular weight excluding hydrogens is 1510 g/mol. The van der Waals surface area contributed by atoms with Gasteiger partial charge in [-0.3, -0.25) is 24.0 Å². The molecule has 120 heavy (non-hydrogen) atoms. The molecular formula is C104H166O16. The zero-order valence-electron chi connectivity index (χ0n) is 78.7. The van der Waals surface area contributed by atoms with E-state index < -0.39 is 17.5 Å². The predicted octanol–water partition coefficient (Wildman–Crippen LogP) is 22.6. The summed E-state index contributed by atoms with van der Waals surface area (Å²) in [4.78, 5) is 99.5. The first-order valence-electron chi connectivity index (χ1n) is 50.3. The highest BCUT2D eigenvalue weighted by Gasteiger charge is 2.65. The fourth-order valence-electron chi connectivity index (χ4n) is 32.2. The Morgan fingerprint density at radius 3 is 0.925 bits per heavy atom. The van der Waals surface area contributed by atoms with E-state index in [2.05, 4.69) is 104 Å². The van der Waals surface area contributed by atoms with Crippen LogP contribution in [0.3, 0.4) is 0 Å². The molecule has 678 valence electrons. The number of hydrogen-bond donors (Lipinski definition) is 0. The van der Waals surface area contributed by atoms with E-state index in [0.29, 0.717) is 94.7 Å². The van der Waals surface area contributed by atoms with Crippen LogP contribution in [0.5, 0.6) is 0 Å². The third-order valence-electron chi connectivity index (χ3n) is 40.6. The van der Waals surface area contributed by atoms with Gasteiger partial charge >= 0.3 is 47.8 Å². The highest BCUT2D eigenvalue weighted by Crippen LogP contribution is 2.69. The number of hydrogen-bond acceptors (Lipinski definition) is 16. The van der Waals surface area contributed by atoms with E-state index in [-0.39, 0.29) is 124 Å². The van der Waals surface area contributed by atoms with Crippen molar-refractivity contribution in [3.05, 3.63) is 0 Å². The minimum Gasteiger partial charge on any atom is -0.459 e. The molecule has 20 fully saturated rings. The number of rotatable bonds is 22. The first-order chi connectivity index (χ1) is 56.7. The first-order valence-corrected chi connectivity index (χ1v) is 50.3. The molecule has 0 N–H and O–H groups in total. The van der Waals surface area contributed by atoms with Gasteiger partial charge in [0.05, 0.1) is 29.6 Å². The van der Waals surface area contributed by atoms with Crippen LogP contribution in [0.25, 0.3) is 0 Å². The number of carbonyl (C=O) groups is 8. The van der Waals surface area contributed by atoms with E-state index in [1.807, 2.05) is 34.6 Å². The Morgan fingerprint density at radius 1 is 0.333 bits per heavy atom. The van der Waals surface area contributed by atoms with Crippen molar-refractivity contribution in [3.63, 3.8) is 0 Å². The zero-order chi connectivity index (χ0) is 86.4. The van der Waals surface area contributed by atoms with Gasteiger partial charge < -0.3 is 37.9 Å². The van der Waals surface area contributed by atoms with E-state index in [1.54, 1.807) is 0 Å². The molecule has 0 radical (unpaired) electrons. The average Bonchev–Trinajstić information content (AvgIpc) is 1.17. The summed E-state index contributed by atoms with van der Waals surface area (Å²) in [6.45, 7) is 43.2. The van der Waals surface area contributed by atoms with Crippen molar-refractivity contribution in [2.75, 3.05) is 19.8 Å². The van der Waals surface area contributed by atoms with E-state index in [9.17, 15) is 38.4 Å². The lowest BCUT2D eigenvalue weighted by molar-refractivity contribution is -0.217. The molecule has 18 bridgehead atoms. The second-order valence-corrected chi connectivity index (χ2v) is 47.3. The summed E-state index contributed by atoms with van der Waals surface area (Å²) in [6.07, 6.45) is 39.8. The summed E-state index contributed by atoms with van der Waals surface area (Å²) in [7, 11) is 0. The molecule has 0 aromatic rings. The number of carbonyl (C=O) groups excluding carboxylic acids is 8. The van der Waals surface area contributed by atoms with Crippen molar-refractivity contribution in [1.29, 1.82) is 0 Å². The van der Waals surface area contributed by atoms with Gasteiger partial charge in [-0.05, 0) is 406 Å². The Bertz CT molecular complexity index is 3480. The van der Waals surface area contributed by atoms with Crippen LogP contribution >= 0.6 is 0 Å². The van der Waals surface area contributed by atoms with Crippen LogP contribution in [0.2, 0.25) is 0 Å². The molecule has 20 aliphatic rings. The quantitative estimate of drug-likeness (QED) is 0.0729. The predicted molar refractivity (Wildman–Crippen MR) is 464 cm³/mol. The molecule has 0 saturated heterocycles. The molecule has 16 nitrogen and oxygen atoms in total. The number of esters is 8. The molecule has 0 aromatic heterocycles. The molecule has 25 atom stereocenters. The molecule has 20 rings (SSSR count). The summed E-state index contributed by atoms with van der Waals surface area (Å²) in [6, 6.07) is 0. The van der Waals surface area contributed by atoms with Gasteiger partial charge in [0.2, 0.25) is 0 Å². The van der Waals surface area contributed by atoms with Gasteiger partial charge in [-0.25, -0.2) is 14.4 Å². The zero-order valence-corrected chi connectivity index (χ0v) is 78.7. The molecule has 20 saturated carbocycles. The molecule has 0 heterocycles. The Labute approximate surface area is 724 Å². The maximum atomic E-state index is 13.5. The minimum atomic E-state index is -0.542. The lowest BCUT2D eigenvalue weighted by Crippen LogP contribution is -2.60. The van der Waals surface area contributed by atoms with Gasteiger partial charge in [-0.1, -0.05) is 110 Å². The Hall–Kier alpha value is -4.24. The topological polar surface area (TPSA) is 210 Å². The third kappa shape index (κ3) is 18.2. The molecule has 25 unspecified atom stereocenters. The summed E-state index contributed by atoms with van der Waals surface area (Å²) in [5.74, 6) is 17.3. The van der Waals surface area contributed by atoms with Gasteiger partial charge in [-0.2, -0.15) is 0 Å². The molecule has 0 aromatic carbocycles. The maximum absolute atomic E-state index is 13.5. The van der Waals surface area contributed by atoms with Gasteiger partial charge in [0.25, 0.3) is 0 Å². The monoisotopic (exact) mass is 1670 g/mol. The Balaban J connectivity index is 0.000000123. The van der Waals surface area contributed by atoms with Crippen LogP contribution in [-0.4, -0.2) is 95.6 Å². The minimum absolute atomic E-state index is 0.00827. The lowest BCUT2D eigenvalue weighted by Gasteiger charge is -2.63. The van der Waals surface area contributed by atoms with E-state index in [0.717, 1.165) is 181 Å². The third-order valence-corrected chi connectivity index (χ3v) is 40.6. The van der Waals surface area contributed by atoms with Gasteiger partial charge in [0.1, 0.15) is 28.0 Å². The lowest BCUT2D eigenvalue weighted by atomic mass is 9.44. The largest absolute Gasteiger partial charge is 0.459 e. The highest BCUT2D eigenvalue weighted by molar-refractivity contribution is 5.80. The summed E-state index contributed by atoms with van der Waals surface area (Å²) in [5.41, 5.74) is -1.13. The van der Waals surface area contributed by atoms with Gasteiger partial charge in [0, 0.05) is 10.8 Å². The van der Waals surface area contributed by atoms with Crippen molar-refractivity contribution in [2.24, 2.45) is 200 Å². The van der Waals surface area contributed by atoms with Gasteiger partial charge in [0.15, 0.2) is 19.8 Å². The second kappa shape index (κ2) is 36.1. The highest BCUT2D eigenvalue weighted by atomic mass is 16.6. The molecule has 0 aliphatic heterocycles. The van der Waals surface area contributed by atoms with Crippen LogP contribution in [-0.2, 0) is 76.3 Å². The first kappa shape index (κ1) is 92.0. The van der Waals surface area contributed by atoms with E-state index in [4.69, 9.17) is 37.9 Å². The Kier molecular flexibility index (Phi) is 27.7. The van der Waals surface area contributed by atoms with Crippen LogP contribution in [0.1, 0.15) is 357 Å². The summed E-state index contributed by atoms with van der Waals surface area (Å²) < 4.78 is 45.6. The second-order valence-electron chi connectivity index (χ2n) is 47.3. The van der Waals surface area contributed by atoms with Crippen LogP contribution in [0.4, 0.5) is 0 Å². The van der Waals surface area contributed by atoms with E-state index >= 15 is 0 Å². The molecule has 0 spiro atoms.